The number of aryl methyl sites for hydroxylation is 1. The molecular formula is C12H19N3O2. The number of anilines is 1. The Morgan fingerprint density at radius 3 is 2.82 bits per heavy atom. The van der Waals surface area contributed by atoms with Crippen LogP contribution in [0, 0.1) is 17.0 Å². The van der Waals surface area contributed by atoms with Gasteiger partial charge >= 0.3 is 5.69 Å². The zero-order valence-corrected chi connectivity index (χ0v) is 10.6. The number of unbranched alkanes of at least 4 members (excludes halogenated alkanes) is 1. The molecule has 0 aromatic carbocycles. The largest absolute Gasteiger partial charge is 0.362 e. The van der Waals surface area contributed by atoms with Crippen LogP contribution in [0.1, 0.15) is 38.8 Å². The average Bonchev–Trinajstić information content (AvgIpc) is 2.26. The van der Waals surface area contributed by atoms with Crippen LogP contribution in [-0.2, 0) is 0 Å². The maximum atomic E-state index is 10.9. The maximum Gasteiger partial charge on any atom is 0.311 e. The Bertz CT molecular complexity index is 393. The first-order valence-corrected chi connectivity index (χ1v) is 5.93. The molecule has 0 fully saturated rings. The molecule has 0 saturated heterocycles. The second-order valence-electron chi connectivity index (χ2n) is 4.27. The predicted molar refractivity (Wildman–Crippen MR) is 68.2 cm³/mol. The molecule has 1 unspecified atom stereocenters. The van der Waals surface area contributed by atoms with Crippen LogP contribution in [0.5, 0.6) is 0 Å². The summed E-state index contributed by atoms with van der Waals surface area (Å²) in [6.07, 6.45) is 3.21. The lowest BCUT2D eigenvalue weighted by Gasteiger charge is -2.14. The van der Waals surface area contributed by atoms with Crippen LogP contribution in [-0.4, -0.2) is 15.9 Å². The van der Waals surface area contributed by atoms with E-state index in [-0.39, 0.29) is 11.7 Å². The van der Waals surface area contributed by atoms with E-state index in [1.54, 1.807) is 6.07 Å². The van der Waals surface area contributed by atoms with Crippen molar-refractivity contribution < 1.29 is 4.92 Å². The van der Waals surface area contributed by atoms with Crippen molar-refractivity contribution in [2.75, 3.05) is 5.32 Å². The van der Waals surface area contributed by atoms with Gasteiger partial charge in [-0.2, -0.15) is 0 Å². The molecule has 0 bridgehead atoms. The third-order valence-electron chi connectivity index (χ3n) is 2.58. The smallest absolute Gasteiger partial charge is 0.311 e. The standard InChI is InChI=1S/C12H19N3O2/c1-4-5-6-9(2)13-12-11(15(16)17)8-7-10(3)14-12/h7-9H,4-6H2,1-3H3,(H,13,14). The van der Waals surface area contributed by atoms with E-state index < -0.39 is 4.92 Å². The van der Waals surface area contributed by atoms with E-state index >= 15 is 0 Å². The monoisotopic (exact) mass is 237 g/mol. The highest BCUT2D eigenvalue weighted by Gasteiger charge is 2.16. The molecular weight excluding hydrogens is 218 g/mol. The van der Waals surface area contributed by atoms with E-state index in [2.05, 4.69) is 17.2 Å². The highest BCUT2D eigenvalue weighted by Crippen LogP contribution is 2.23. The summed E-state index contributed by atoms with van der Waals surface area (Å²) in [5, 5.41) is 14.0. The molecule has 1 N–H and O–H groups in total. The number of pyridine rings is 1. The summed E-state index contributed by atoms with van der Waals surface area (Å²) >= 11 is 0. The number of hydrogen-bond donors (Lipinski definition) is 1. The number of nitrogens with one attached hydrogen (secondary N) is 1. The van der Waals surface area contributed by atoms with E-state index in [1.165, 1.54) is 6.07 Å². The number of rotatable bonds is 6. The Labute approximate surface area is 101 Å². The molecule has 0 aliphatic rings. The molecule has 1 rings (SSSR count). The van der Waals surface area contributed by atoms with Crippen molar-refractivity contribution in [2.45, 2.75) is 46.1 Å². The lowest BCUT2D eigenvalue weighted by Crippen LogP contribution is -2.17. The summed E-state index contributed by atoms with van der Waals surface area (Å²) < 4.78 is 0. The molecule has 0 aliphatic heterocycles. The van der Waals surface area contributed by atoms with Crippen LogP contribution < -0.4 is 5.32 Å². The van der Waals surface area contributed by atoms with Gasteiger partial charge < -0.3 is 5.32 Å². The van der Waals surface area contributed by atoms with E-state index in [4.69, 9.17) is 0 Å². The summed E-state index contributed by atoms with van der Waals surface area (Å²) in [4.78, 5) is 14.6. The van der Waals surface area contributed by atoms with Gasteiger partial charge in [-0.3, -0.25) is 10.1 Å². The zero-order chi connectivity index (χ0) is 12.8. The van der Waals surface area contributed by atoms with Gasteiger partial charge in [0.25, 0.3) is 0 Å². The first kappa shape index (κ1) is 13.4. The Kier molecular flexibility index (Phi) is 4.87. The first-order valence-electron chi connectivity index (χ1n) is 5.93. The van der Waals surface area contributed by atoms with E-state index in [0.717, 1.165) is 25.0 Å². The Morgan fingerprint density at radius 2 is 2.24 bits per heavy atom. The van der Waals surface area contributed by atoms with Crippen molar-refractivity contribution in [3.8, 4) is 0 Å². The van der Waals surface area contributed by atoms with Gasteiger partial charge in [0, 0.05) is 17.8 Å². The van der Waals surface area contributed by atoms with Crippen molar-refractivity contribution in [1.82, 2.24) is 4.98 Å². The van der Waals surface area contributed by atoms with Crippen LogP contribution in [0.4, 0.5) is 11.5 Å². The fraction of sp³-hybridized carbons (Fsp3) is 0.583. The van der Waals surface area contributed by atoms with E-state index in [0.29, 0.717) is 5.82 Å². The average molecular weight is 237 g/mol. The molecule has 5 heteroatoms. The highest BCUT2D eigenvalue weighted by atomic mass is 16.6. The third kappa shape index (κ3) is 4.01. The van der Waals surface area contributed by atoms with E-state index in [1.807, 2.05) is 13.8 Å². The van der Waals surface area contributed by atoms with Crippen LogP contribution in [0.25, 0.3) is 0 Å². The summed E-state index contributed by atoms with van der Waals surface area (Å²) in [5.74, 6) is 0.374. The normalized spacial score (nSPS) is 12.2. The summed E-state index contributed by atoms with van der Waals surface area (Å²) in [5.41, 5.74) is 0.819. The minimum absolute atomic E-state index is 0.0407. The van der Waals surface area contributed by atoms with Gasteiger partial charge in [-0.15, -0.1) is 0 Å². The van der Waals surface area contributed by atoms with Crippen LogP contribution >= 0.6 is 0 Å². The van der Waals surface area contributed by atoms with Crippen LogP contribution in [0.2, 0.25) is 0 Å². The Morgan fingerprint density at radius 1 is 1.53 bits per heavy atom. The number of nitro groups is 1. The molecule has 1 heterocycles. The molecule has 1 atom stereocenters. The molecule has 17 heavy (non-hydrogen) atoms. The highest BCUT2D eigenvalue weighted by molar-refractivity contribution is 5.56. The van der Waals surface area contributed by atoms with Crippen molar-refractivity contribution in [1.29, 1.82) is 0 Å². The number of nitrogens with zero attached hydrogens (tertiary/aromatic N) is 2. The van der Waals surface area contributed by atoms with Gasteiger partial charge in [0.05, 0.1) is 4.92 Å². The quantitative estimate of drug-likeness (QED) is 0.609. The number of hydrogen-bond acceptors (Lipinski definition) is 4. The molecule has 94 valence electrons. The van der Waals surface area contributed by atoms with Gasteiger partial charge in [-0.1, -0.05) is 19.8 Å². The molecule has 0 radical (unpaired) electrons. The molecule has 1 aromatic heterocycles. The lowest BCUT2D eigenvalue weighted by atomic mass is 10.1. The van der Waals surface area contributed by atoms with Crippen molar-refractivity contribution in [2.24, 2.45) is 0 Å². The second kappa shape index (κ2) is 6.18. The van der Waals surface area contributed by atoms with Gasteiger partial charge in [-0.25, -0.2) is 4.98 Å². The molecule has 0 saturated carbocycles. The maximum absolute atomic E-state index is 10.9. The Hall–Kier alpha value is -1.65. The molecule has 0 spiro atoms. The van der Waals surface area contributed by atoms with Crippen LogP contribution in [0.15, 0.2) is 12.1 Å². The molecule has 0 aliphatic carbocycles. The van der Waals surface area contributed by atoms with Gasteiger partial charge in [0.2, 0.25) is 5.82 Å². The van der Waals surface area contributed by atoms with Crippen LogP contribution in [0.3, 0.4) is 0 Å². The Balaban J connectivity index is 2.81. The SMILES string of the molecule is CCCCC(C)Nc1nc(C)ccc1[N+](=O)[O-]. The topological polar surface area (TPSA) is 68.1 Å². The summed E-state index contributed by atoms with van der Waals surface area (Å²) in [6, 6.07) is 3.35. The molecule has 5 nitrogen and oxygen atoms in total. The fourth-order valence-corrected chi connectivity index (χ4v) is 1.62. The second-order valence-corrected chi connectivity index (χ2v) is 4.27. The summed E-state index contributed by atoms with van der Waals surface area (Å²) in [7, 11) is 0. The van der Waals surface area contributed by atoms with Gasteiger partial charge in [-0.05, 0) is 26.3 Å². The van der Waals surface area contributed by atoms with Crippen molar-refractivity contribution in [3.05, 3.63) is 27.9 Å². The minimum atomic E-state index is -0.401. The third-order valence-corrected chi connectivity index (χ3v) is 2.58. The van der Waals surface area contributed by atoms with E-state index in [9.17, 15) is 10.1 Å². The van der Waals surface area contributed by atoms with Crippen molar-refractivity contribution in [3.63, 3.8) is 0 Å². The predicted octanol–water partition coefficient (Wildman–Crippen LogP) is 3.29. The molecule has 0 amide bonds. The number of aromatic nitrogens is 1. The first-order chi connectivity index (χ1) is 8.04. The van der Waals surface area contributed by atoms with Gasteiger partial charge in [0.15, 0.2) is 0 Å². The lowest BCUT2D eigenvalue weighted by molar-refractivity contribution is -0.384. The fourth-order valence-electron chi connectivity index (χ4n) is 1.62. The zero-order valence-electron chi connectivity index (χ0n) is 10.6. The summed E-state index contributed by atoms with van der Waals surface area (Å²) in [6.45, 7) is 5.97. The minimum Gasteiger partial charge on any atom is -0.362 e. The van der Waals surface area contributed by atoms with Crippen molar-refractivity contribution >= 4 is 11.5 Å². The molecule has 1 aromatic rings. The van der Waals surface area contributed by atoms with Gasteiger partial charge in [0.1, 0.15) is 0 Å².